The average Bonchev–Trinajstić information content (AvgIpc) is 3.91. The molecule has 0 atom stereocenters. The average molecular weight is 1040 g/mol. The van der Waals surface area contributed by atoms with Crippen LogP contribution >= 0.6 is 128 Å². The van der Waals surface area contributed by atoms with E-state index in [1.807, 2.05) is 45.0 Å². The summed E-state index contributed by atoms with van der Waals surface area (Å²) in [5.74, 6) is 0.265. The van der Waals surface area contributed by atoms with Gasteiger partial charge in [-0.1, -0.05) is 173 Å². The van der Waals surface area contributed by atoms with Gasteiger partial charge in [0.25, 0.3) is 0 Å². The normalized spacial score (nSPS) is 12.2. The quantitative estimate of drug-likeness (QED) is 0.0948. The Labute approximate surface area is 395 Å². The van der Waals surface area contributed by atoms with Gasteiger partial charge in [-0.2, -0.15) is 0 Å². The molecule has 0 unspecified atom stereocenters. The van der Waals surface area contributed by atoms with Crippen molar-refractivity contribution in [3.05, 3.63) is 79.5 Å². The van der Waals surface area contributed by atoms with Crippen molar-refractivity contribution in [2.45, 2.75) is 20.8 Å². The minimum atomic E-state index is -0.271. The van der Waals surface area contributed by atoms with Gasteiger partial charge >= 0.3 is 19.5 Å². The molecule has 58 heavy (non-hydrogen) atoms. The molecule has 7 aromatic rings. The first kappa shape index (κ1) is 42.5. The third-order valence-corrected chi connectivity index (χ3v) is 13.7. The van der Waals surface area contributed by atoms with Crippen LogP contribution in [0.25, 0.3) is 89.7 Å². The monoisotopic (exact) mass is 1040 g/mol. The molecule has 9 nitrogen and oxygen atoms in total. The zero-order chi connectivity index (χ0) is 40.6. The van der Waals surface area contributed by atoms with Gasteiger partial charge in [-0.15, -0.1) is 0 Å². The Hall–Kier alpha value is -2.15. The predicted molar refractivity (Wildman–Crippen MR) is 234 cm³/mol. The summed E-state index contributed by atoms with van der Waals surface area (Å²) in [4.78, 5) is 38.7. The summed E-state index contributed by atoms with van der Waals surface area (Å²) in [6.07, 6.45) is 0. The smallest absolute Gasteiger partial charge is 0.490 e. The van der Waals surface area contributed by atoms with Crippen molar-refractivity contribution in [1.82, 2.24) is 39.9 Å². The summed E-state index contributed by atoms with van der Waals surface area (Å²) in [5.41, 5.74) is 1.07. The van der Waals surface area contributed by atoms with Gasteiger partial charge < -0.3 is 34.6 Å². The largest absolute Gasteiger partial charge is 2.00 e. The Kier molecular flexibility index (Phi) is 11.2. The topological polar surface area (TPSA) is 115 Å². The van der Waals surface area contributed by atoms with E-state index in [9.17, 15) is 0 Å². The molecule has 8 bridgehead atoms. The van der Waals surface area contributed by atoms with Crippen molar-refractivity contribution in [3.8, 4) is 51.3 Å². The van der Waals surface area contributed by atoms with Gasteiger partial charge in [0.15, 0.2) is 5.75 Å². The number of fused-ring (bicyclic) bond motifs is 20. The minimum Gasteiger partial charge on any atom is -0.490 e. The van der Waals surface area contributed by atoms with E-state index in [0.29, 0.717) is 10.8 Å². The molecule has 21 heteroatoms. The van der Waals surface area contributed by atoms with Crippen LogP contribution in [0.4, 0.5) is 0 Å². The van der Waals surface area contributed by atoms with Gasteiger partial charge in [-0.05, 0) is 16.2 Å². The molecule has 0 fully saturated rings. The Bertz CT molecular complexity index is 3170. The van der Waals surface area contributed by atoms with E-state index in [-0.39, 0.29) is 171 Å². The Morgan fingerprint density at radius 3 is 1.21 bits per heavy atom. The second kappa shape index (κ2) is 15.3. The van der Waals surface area contributed by atoms with Crippen LogP contribution < -0.4 is 14.7 Å². The third kappa shape index (κ3) is 6.61. The number of rotatable bonds is 2. The second-order valence-electron chi connectivity index (χ2n) is 13.9. The number of ether oxygens (including phenoxy) is 1. The Morgan fingerprint density at radius 2 is 0.793 bits per heavy atom. The molecule has 2 aliphatic heterocycles. The van der Waals surface area contributed by atoms with Gasteiger partial charge in [0.2, 0.25) is 0 Å². The summed E-state index contributed by atoms with van der Waals surface area (Å²) < 4.78 is 6.17. The molecule has 0 saturated heterocycles. The van der Waals surface area contributed by atoms with E-state index in [1.54, 1.807) is 0 Å². The van der Waals surface area contributed by atoms with Crippen molar-refractivity contribution < 1.29 is 24.2 Å². The summed E-state index contributed by atoms with van der Waals surface area (Å²) in [5, 5.41) is 1.53. The molecule has 4 aromatic carbocycles. The van der Waals surface area contributed by atoms with Crippen LogP contribution in [-0.2, 0) is 19.5 Å². The summed E-state index contributed by atoms with van der Waals surface area (Å²) in [7, 11) is 0. The van der Waals surface area contributed by atoms with E-state index < -0.39 is 0 Å². The predicted octanol–water partition coefficient (Wildman–Crippen LogP) is 14.7. The van der Waals surface area contributed by atoms with E-state index in [2.05, 4.69) is 0 Å². The minimum absolute atomic E-state index is 0. The zero-order valence-electron chi connectivity index (χ0n) is 29.4. The summed E-state index contributed by atoms with van der Waals surface area (Å²) >= 11 is 74.9. The summed E-state index contributed by atoms with van der Waals surface area (Å²) in [6, 6.07) is 7.30. The Morgan fingerprint density at radius 1 is 0.448 bits per heavy atom. The molecule has 0 aliphatic carbocycles. The van der Waals surface area contributed by atoms with Crippen LogP contribution in [0.5, 0.6) is 5.75 Å². The number of aromatic nitrogens is 8. The van der Waals surface area contributed by atoms with Crippen LogP contribution in [0.1, 0.15) is 20.8 Å². The van der Waals surface area contributed by atoms with Crippen molar-refractivity contribution in [3.63, 3.8) is 0 Å². The van der Waals surface area contributed by atoms with E-state index in [1.165, 1.54) is 0 Å². The molecular formula is C37H15Cl11N8OZn. The van der Waals surface area contributed by atoms with Gasteiger partial charge in [-0.25, -0.2) is 9.97 Å². The molecule has 2 aliphatic rings. The second-order valence-corrected chi connectivity index (χ2v) is 18.1. The fourth-order valence-electron chi connectivity index (χ4n) is 6.36. The van der Waals surface area contributed by atoms with Crippen molar-refractivity contribution in [2.75, 3.05) is 6.61 Å². The van der Waals surface area contributed by atoms with Gasteiger partial charge in [-0.3, -0.25) is 0 Å². The van der Waals surface area contributed by atoms with Gasteiger partial charge in [0.05, 0.1) is 80.1 Å². The summed E-state index contributed by atoms with van der Waals surface area (Å²) in [6.45, 7) is 6.22. The number of hydrogen-bond acceptors (Lipinski definition) is 7. The van der Waals surface area contributed by atoms with Gasteiger partial charge in [0, 0.05) is 55.6 Å². The molecule has 0 radical (unpaired) electrons. The molecule has 9 rings (SSSR count). The first-order valence-electron chi connectivity index (χ1n) is 16.3. The molecule has 0 spiro atoms. The number of nitrogens with zero attached hydrogens (tertiary/aromatic N) is 8. The number of halogens is 11. The molecule has 0 saturated carbocycles. The fourth-order valence-corrected chi connectivity index (χ4v) is 9.29. The maximum atomic E-state index is 7.16. The molecule has 0 N–H and O–H groups in total. The Balaban J connectivity index is 0.00000469. The standard InChI is InChI=1S/C37H15Cl11N8O.Zn/c1-37(2,3)8-57-28-22(43)16-15(21(42)27(28)48)32-51-30-10-7-5-4-6-9(10)29(49-30)50-31-11-12(18(39)24(45)23(44)17(11)38)33(52-31)54-34-13-14(35(55-34)56-36(16)53-32)20(41)26(47)25(46)19(13)40;/h4-7H,8H2,1-3H3;/q-2;+2. The van der Waals surface area contributed by atoms with Crippen molar-refractivity contribution >= 4 is 172 Å². The van der Waals surface area contributed by atoms with Crippen LogP contribution in [0, 0.1) is 5.41 Å². The van der Waals surface area contributed by atoms with Crippen LogP contribution in [0.15, 0.2) is 24.3 Å². The van der Waals surface area contributed by atoms with Crippen LogP contribution in [-0.4, -0.2) is 36.5 Å². The van der Waals surface area contributed by atoms with Gasteiger partial charge in [0.1, 0.15) is 5.02 Å². The van der Waals surface area contributed by atoms with E-state index in [0.717, 1.165) is 0 Å². The molecule has 5 heterocycles. The van der Waals surface area contributed by atoms with Crippen molar-refractivity contribution in [2.24, 2.45) is 5.41 Å². The van der Waals surface area contributed by atoms with E-state index >= 15 is 0 Å². The number of benzene rings is 4. The molecular weight excluding hydrogens is 1030 g/mol. The first-order chi connectivity index (χ1) is 27.0. The fraction of sp³-hybridized carbons (Fsp3) is 0.135. The number of hydrogen-bond donors (Lipinski definition) is 0. The van der Waals surface area contributed by atoms with Crippen LogP contribution in [0.2, 0.25) is 55.2 Å². The maximum absolute atomic E-state index is 7.16. The molecule has 288 valence electrons. The molecule has 3 aromatic heterocycles. The van der Waals surface area contributed by atoms with Crippen molar-refractivity contribution in [1.29, 1.82) is 0 Å². The first-order valence-corrected chi connectivity index (χ1v) is 20.5. The van der Waals surface area contributed by atoms with Crippen LogP contribution in [0.3, 0.4) is 0 Å². The third-order valence-electron chi connectivity index (χ3n) is 8.91. The molecule has 0 amide bonds. The zero-order valence-corrected chi connectivity index (χ0v) is 40.6. The van der Waals surface area contributed by atoms with E-state index in [4.69, 9.17) is 172 Å². The SMILES string of the molecule is CC(C)(C)COc1c(Cl)c(Cl)c2c(c1Cl)-c1nc-2nc2[n-]c(nc3nc(nc4[n-]c(n1)c1c(Cl)c(Cl)c(Cl)c(Cl)c41)-c1c(Cl)c(Cl)c(Cl)c(Cl)c1-3)c1ccccc21.[Zn+2]. The maximum Gasteiger partial charge on any atom is 2.00 e.